The summed E-state index contributed by atoms with van der Waals surface area (Å²) < 4.78 is 34.5. The number of imidazole rings is 1. The molecule has 0 bridgehead atoms. The number of para-hydroxylation sites is 2. The molecule has 0 amide bonds. The monoisotopic (exact) mass is 696 g/mol. The predicted molar refractivity (Wildman–Crippen MR) is 150 cm³/mol. The van der Waals surface area contributed by atoms with Crippen LogP contribution in [0.25, 0.3) is 16.7 Å². The summed E-state index contributed by atoms with van der Waals surface area (Å²) >= 11 is 2.07. The molecule has 200 valence electrons. The molecule has 3 aromatic carbocycles. The van der Waals surface area contributed by atoms with E-state index >= 15 is 0 Å². The number of fused-ring (bicyclic) bond motifs is 4. The minimum absolute atomic E-state index is 0.0274. The van der Waals surface area contributed by atoms with Gasteiger partial charge in [0, 0.05) is 6.20 Å². The summed E-state index contributed by atoms with van der Waals surface area (Å²) in [5.74, 6) is 3.27. The fourth-order valence-electron chi connectivity index (χ4n) is 5.55. The van der Waals surface area contributed by atoms with Gasteiger partial charge in [-0.25, -0.2) is 0 Å². The van der Waals surface area contributed by atoms with Crippen molar-refractivity contribution in [3.8, 4) is 17.2 Å². The fraction of sp³-hybridized carbons (Fsp3) is 0.273. The molecule has 7 rings (SSSR count). The van der Waals surface area contributed by atoms with E-state index in [1.807, 2.05) is 59.3 Å². The van der Waals surface area contributed by atoms with E-state index in [0.717, 1.165) is 23.6 Å². The number of hydrogen-bond donors (Lipinski definition) is 0. The SMILES string of the molecule is [2H]C([2H])([2H])n1[c](=[Pt])n(-c2[c-]c(Oc3[c-]c4c(cc3)C3CC3CN4c3cc(C(C)(C)C)ccn3)ccc2)c2ccccc21. The van der Waals surface area contributed by atoms with Crippen LogP contribution < -0.4 is 9.64 Å². The Hall–Kier alpha value is -3.43. The zero-order valence-electron chi connectivity index (χ0n) is 25.0. The molecule has 1 saturated carbocycles. The number of nitrogens with zero attached hydrogens (tertiary/aromatic N) is 4. The molecule has 0 N–H and O–H groups in total. The Morgan fingerprint density at radius 1 is 1.00 bits per heavy atom. The molecule has 3 heterocycles. The maximum atomic E-state index is 8.11. The Kier molecular flexibility index (Phi) is 4.97. The summed E-state index contributed by atoms with van der Waals surface area (Å²) in [4.78, 5) is 7.04. The van der Waals surface area contributed by atoms with Gasteiger partial charge in [0.15, 0.2) is 0 Å². The van der Waals surface area contributed by atoms with Crippen LogP contribution in [0, 0.1) is 21.9 Å². The third-order valence-corrected chi connectivity index (χ3v) is 8.76. The number of benzene rings is 3. The van der Waals surface area contributed by atoms with Crippen molar-refractivity contribution in [1.82, 2.24) is 14.1 Å². The molecule has 5 nitrogen and oxygen atoms in total. The zero-order valence-corrected chi connectivity index (χ0v) is 24.3. The van der Waals surface area contributed by atoms with Gasteiger partial charge in [-0.3, -0.25) is 0 Å². The van der Waals surface area contributed by atoms with Gasteiger partial charge in [-0.1, -0.05) is 20.8 Å². The van der Waals surface area contributed by atoms with Crippen LogP contribution >= 0.6 is 0 Å². The second-order valence-electron chi connectivity index (χ2n) is 11.4. The normalized spacial score (nSPS) is 19.6. The molecule has 0 radical (unpaired) electrons. The average molecular weight is 697 g/mol. The van der Waals surface area contributed by atoms with Crippen LogP contribution in [-0.2, 0) is 31.7 Å². The van der Waals surface area contributed by atoms with E-state index in [1.54, 1.807) is 0 Å². The van der Waals surface area contributed by atoms with Crippen molar-refractivity contribution < 1.29 is 28.2 Å². The molecule has 2 aromatic heterocycles. The summed E-state index contributed by atoms with van der Waals surface area (Å²) in [5, 5.41) is 0. The van der Waals surface area contributed by atoms with Crippen molar-refractivity contribution in [2.24, 2.45) is 12.9 Å². The van der Waals surface area contributed by atoms with E-state index in [9.17, 15) is 0 Å². The van der Waals surface area contributed by atoms with Gasteiger partial charge in [0.2, 0.25) is 0 Å². The van der Waals surface area contributed by atoms with E-state index in [-0.39, 0.29) is 5.41 Å². The number of aromatic nitrogens is 3. The Labute approximate surface area is 244 Å². The number of ether oxygens (including phenoxy) is 1. The summed E-state index contributed by atoms with van der Waals surface area (Å²) in [6.45, 7) is 5.26. The first kappa shape index (κ1) is 21.4. The molecule has 1 aliphatic heterocycles. The standard InChI is InChI=1S/C33H30N4O.Pt/c1-33(2,3)23-14-15-34-32(17-23)36-20-22-16-28(22)27-13-12-26(19-31(27)36)38-25-9-7-8-24(18-25)37-21-35(4)29-10-5-6-11-30(29)37;/h5-15,17,22,28H,16,20H2,1-4H3;/q-2;/i4D3;. The number of rotatable bonds is 4. The number of aryl methyl sites for hydroxylation is 1. The Bertz CT molecular complexity index is 1900. The van der Waals surface area contributed by atoms with Gasteiger partial charge < -0.3 is 0 Å². The molecular formula is C33H30N4OPt-2. The summed E-state index contributed by atoms with van der Waals surface area (Å²) in [6, 6.07) is 28.5. The van der Waals surface area contributed by atoms with Crippen LogP contribution in [0.3, 0.4) is 0 Å². The Morgan fingerprint density at radius 2 is 1.82 bits per heavy atom. The van der Waals surface area contributed by atoms with Crippen molar-refractivity contribution in [2.75, 3.05) is 11.4 Å². The van der Waals surface area contributed by atoms with Crippen molar-refractivity contribution in [3.63, 3.8) is 0 Å². The number of hydrogen-bond acceptors (Lipinski definition) is 3. The van der Waals surface area contributed by atoms with Gasteiger partial charge in [-0.05, 0) is 17.0 Å². The maximum absolute atomic E-state index is 8.11. The van der Waals surface area contributed by atoms with Gasteiger partial charge in [-0.2, -0.15) is 0 Å². The van der Waals surface area contributed by atoms with Crippen LogP contribution in [-0.4, -0.2) is 20.7 Å². The summed E-state index contributed by atoms with van der Waals surface area (Å²) in [7, 11) is 0. The van der Waals surface area contributed by atoms with E-state index in [2.05, 4.69) is 75.4 Å². The van der Waals surface area contributed by atoms with Crippen molar-refractivity contribution in [1.29, 1.82) is 0 Å². The second-order valence-corrected chi connectivity index (χ2v) is 12.4. The molecule has 39 heavy (non-hydrogen) atoms. The molecule has 5 aromatic rings. The van der Waals surface area contributed by atoms with Gasteiger partial charge in [-0.15, -0.1) is 0 Å². The Balaban J connectivity index is 1.25. The van der Waals surface area contributed by atoms with Crippen molar-refractivity contribution >= 4 is 22.5 Å². The fourth-order valence-corrected chi connectivity index (χ4v) is 6.37. The number of pyridine rings is 1. The summed E-state index contributed by atoms with van der Waals surface area (Å²) in [6.07, 6.45) is 3.09. The third-order valence-electron chi connectivity index (χ3n) is 7.75. The van der Waals surface area contributed by atoms with E-state index in [4.69, 9.17) is 13.8 Å². The van der Waals surface area contributed by atoms with Crippen LogP contribution in [0.15, 0.2) is 72.9 Å². The van der Waals surface area contributed by atoms with Gasteiger partial charge in [0.1, 0.15) is 0 Å². The molecule has 2 atom stereocenters. The van der Waals surface area contributed by atoms with E-state index in [1.165, 1.54) is 22.1 Å². The van der Waals surface area contributed by atoms with Crippen molar-refractivity contribution in [2.45, 2.75) is 38.5 Å². The molecule has 1 aliphatic carbocycles. The van der Waals surface area contributed by atoms with Crippen LogP contribution in [0.1, 0.15) is 48.3 Å². The molecule has 2 unspecified atom stereocenters. The van der Waals surface area contributed by atoms with Crippen LogP contribution in [0.5, 0.6) is 11.5 Å². The first-order valence-corrected chi connectivity index (χ1v) is 14.3. The average Bonchev–Trinajstić information content (AvgIpc) is 3.66. The molecule has 0 saturated heterocycles. The summed E-state index contributed by atoms with van der Waals surface area (Å²) in [5.41, 5.74) is 5.70. The van der Waals surface area contributed by atoms with Crippen LogP contribution in [0.2, 0.25) is 0 Å². The van der Waals surface area contributed by atoms with Gasteiger partial charge >= 0.3 is 201 Å². The van der Waals surface area contributed by atoms with Crippen molar-refractivity contribution in [3.05, 3.63) is 100.0 Å². The second kappa shape index (κ2) is 9.06. The zero-order chi connectivity index (χ0) is 29.4. The quantitative estimate of drug-likeness (QED) is 0.184. The molecule has 6 heteroatoms. The minimum atomic E-state index is -2.32. The van der Waals surface area contributed by atoms with E-state index < -0.39 is 6.98 Å². The predicted octanol–water partition coefficient (Wildman–Crippen LogP) is 7.39. The first-order chi connectivity index (χ1) is 20.0. The van der Waals surface area contributed by atoms with Crippen LogP contribution in [0.4, 0.5) is 11.5 Å². The molecule has 1 fully saturated rings. The Morgan fingerprint density at radius 3 is 2.64 bits per heavy atom. The van der Waals surface area contributed by atoms with Gasteiger partial charge in [0.25, 0.3) is 0 Å². The molecular weight excluding hydrogens is 663 g/mol. The first-order valence-electron chi connectivity index (χ1n) is 14.7. The molecule has 2 aliphatic rings. The molecule has 0 spiro atoms. The number of anilines is 2. The van der Waals surface area contributed by atoms with E-state index in [0.29, 0.717) is 38.3 Å². The third kappa shape index (κ3) is 4.28. The van der Waals surface area contributed by atoms with Gasteiger partial charge in [0.05, 0.1) is 0 Å². The topological polar surface area (TPSA) is 35.2 Å².